The Kier molecular flexibility index (Phi) is 5.83. The van der Waals surface area contributed by atoms with Crippen molar-refractivity contribution < 1.29 is 9.53 Å². The van der Waals surface area contributed by atoms with Gasteiger partial charge in [0.15, 0.2) is 6.61 Å². The molecule has 0 atom stereocenters. The zero-order chi connectivity index (χ0) is 17.6. The van der Waals surface area contributed by atoms with E-state index in [9.17, 15) is 4.79 Å². The van der Waals surface area contributed by atoms with E-state index < -0.39 is 0 Å². The van der Waals surface area contributed by atoms with Crippen molar-refractivity contribution in [3.05, 3.63) is 75.2 Å². The van der Waals surface area contributed by atoms with Crippen LogP contribution in [0.2, 0.25) is 0 Å². The van der Waals surface area contributed by atoms with Crippen LogP contribution in [0, 0.1) is 0 Å². The maximum absolute atomic E-state index is 11.9. The van der Waals surface area contributed by atoms with E-state index in [1.807, 2.05) is 60.7 Å². The molecule has 0 spiro atoms. The van der Waals surface area contributed by atoms with Gasteiger partial charge in [0.05, 0.1) is 10.7 Å². The second kappa shape index (κ2) is 8.27. The molecule has 0 saturated heterocycles. The van der Waals surface area contributed by atoms with E-state index in [0.717, 1.165) is 25.3 Å². The van der Waals surface area contributed by atoms with Gasteiger partial charge in [-0.05, 0) is 38.8 Å². The van der Waals surface area contributed by atoms with Gasteiger partial charge in [-0.25, -0.2) is 5.43 Å². The molecule has 0 aliphatic rings. The van der Waals surface area contributed by atoms with Crippen molar-refractivity contribution in [3.63, 3.8) is 0 Å². The minimum absolute atomic E-state index is 0.121. The molecule has 0 heterocycles. The van der Waals surface area contributed by atoms with Crippen LogP contribution in [0.25, 0.3) is 10.8 Å². The van der Waals surface area contributed by atoms with Gasteiger partial charge in [0.1, 0.15) is 5.75 Å². The zero-order valence-electron chi connectivity index (χ0n) is 13.1. The van der Waals surface area contributed by atoms with Crippen LogP contribution in [0.3, 0.4) is 0 Å². The smallest absolute Gasteiger partial charge is 0.277 e. The van der Waals surface area contributed by atoms with Crippen molar-refractivity contribution in [2.24, 2.45) is 5.10 Å². The van der Waals surface area contributed by atoms with Crippen LogP contribution >= 0.6 is 31.9 Å². The number of carbonyl (C=O) groups is 1. The summed E-state index contributed by atoms with van der Waals surface area (Å²) < 4.78 is 7.33. The second-order valence-corrected chi connectivity index (χ2v) is 6.85. The summed E-state index contributed by atoms with van der Waals surface area (Å²) in [6.45, 7) is -0.121. The van der Waals surface area contributed by atoms with Crippen LogP contribution in [-0.4, -0.2) is 18.7 Å². The Labute approximate surface area is 162 Å². The fraction of sp³-hybridized carbons (Fsp3) is 0.0526. The van der Waals surface area contributed by atoms with Crippen molar-refractivity contribution in [3.8, 4) is 5.75 Å². The Bertz CT molecular complexity index is 942. The third kappa shape index (κ3) is 4.46. The number of carbonyl (C=O) groups excluding carboxylic acids is 1. The summed E-state index contributed by atoms with van der Waals surface area (Å²) in [7, 11) is 0. The molecule has 0 fully saturated rings. The van der Waals surface area contributed by atoms with Crippen LogP contribution in [0.15, 0.2) is 74.7 Å². The van der Waals surface area contributed by atoms with E-state index >= 15 is 0 Å². The number of benzene rings is 3. The number of amides is 1. The summed E-state index contributed by atoms with van der Waals surface area (Å²) in [5, 5.41) is 6.08. The molecule has 1 N–H and O–H groups in total. The highest BCUT2D eigenvalue weighted by atomic mass is 79.9. The van der Waals surface area contributed by atoms with Crippen LogP contribution in [-0.2, 0) is 4.79 Å². The highest BCUT2D eigenvalue weighted by Crippen LogP contribution is 2.32. The Balaban J connectivity index is 1.59. The van der Waals surface area contributed by atoms with E-state index in [1.165, 1.54) is 0 Å². The van der Waals surface area contributed by atoms with Crippen LogP contribution < -0.4 is 10.2 Å². The lowest BCUT2D eigenvalue weighted by Crippen LogP contribution is -2.24. The van der Waals surface area contributed by atoms with E-state index in [4.69, 9.17) is 4.74 Å². The summed E-state index contributed by atoms with van der Waals surface area (Å²) in [4.78, 5) is 11.9. The third-order valence-corrected chi connectivity index (χ3v) is 5.02. The molecule has 0 saturated carbocycles. The van der Waals surface area contributed by atoms with Gasteiger partial charge >= 0.3 is 0 Å². The quantitative estimate of drug-likeness (QED) is 0.434. The maximum Gasteiger partial charge on any atom is 0.277 e. The number of fused-ring (bicyclic) bond motifs is 1. The fourth-order valence-corrected chi connectivity index (χ4v) is 3.25. The highest BCUT2D eigenvalue weighted by Gasteiger charge is 2.08. The molecule has 126 valence electrons. The zero-order valence-corrected chi connectivity index (χ0v) is 16.2. The van der Waals surface area contributed by atoms with Gasteiger partial charge in [0, 0.05) is 10.0 Å². The largest absolute Gasteiger partial charge is 0.483 e. The minimum atomic E-state index is -0.330. The number of halogens is 2. The van der Waals surface area contributed by atoms with E-state index in [1.54, 1.807) is 6.21 Å². The standard InChI is InChI=1S/C19H14Br2N2O2/c20-16-8-4-2-6-14(16)11-22-23-18(24)12-25-17-10-9-13-5-1-3-7-15(13)19(17)21/h1-11H,12H2,(H,23,24). The van der Waals surface area contributed by atoms with E-state index in [-0.39, 0.29) is 12.5 Å². The number of nitrogens with zero attached hydrogens (tertiary/aromatic N) is 1. The topological polar surface area (TPSA) is 50.7 Å². The molecule has 0 aliphatic heterocycles. The van der Waals surface area contributed by atoms with E-state index in [0.29, 0.717) is 5.75 Å². The lowest BCUT2D eigenvalue weighted by molar-refractivity contribution is -0.123. The van der Waals surface area contributed by atoms with Gasteiger partial charge in [0.25, 0.3) is 5.91 Å². The summed E-state index contributed by atoms with van der Waals surface area (Å²) >= 11 is 6.95. The number of nitrogens with one attached hydrogen (secondary N) is 1. The molecule has 3 aromatic rings. The predicted molar refractivity (Wildman–Crippen MR) is 107 cm³/mol. The molecule has 0 aromatic heterocycles. The van der Waals surface area contributed by atoms with Crippen molar-refractivity contribution in [1.82, 2.24) is 5.43 Å². The molecule has 25 heavy (non-hydrogen) atoms. The Hall–Kier alpha value is -2.18. The van der Waals surface area contributed by atoms with Gasteiger partial charge < -0.3 is 4.74 Å². The molecule has 1 amide bonds. The monoisotopic (exact) mass is 460 g/mol. The van der Waals surface area contributed by atoms with Crippen LogP contribution in [0.5, 0.6) is 5.75 Å². The van der Waals surface area contributed by atoms with Gasteiger partial charge in [-0.3, -0.25) is 4.79 Å². The lowest BCUT2D eigenvalue weighted by atomic mass is 10.1. The molecule has 4 nitrogen and oxygen atoms in total. The van der Waals surface area contributed by atoms with Crippen LogP contribution in [0.1, 0.15) is 5.56 Å². The Morgan fingerprint density at radius 1 is 1.04 bits per heavy atom. The molecular formula is C19H14Br2N2O2. The minimum Gasteiger partial charge on any atom is -0.483 e. The number of ether oxygens (including phenoxy) is 1. The summed E-state index contributed by atoms with van der Waals surface area (Å²) in [6, 6.07) is 19.4. The average Bonchev–Trinajstić information content (AvgIpc) is 2.63. The summed E-state index contributed by atoms with van der Waals surface area (Å²) in [5.74, 6) is 0.284. The second-order valence-electron chi connectivity index (χ2n) is 5.20. The van der Waals surface area contributed by atoms with Gasteiger partial charge in [-0.2, -0.15) is 5.10 Å². The Morgan fingerprint density at radius 3 is 2.64 bits per heavy atom. The fourth-order valence-electron chi connectivity index (χ4n) is 2.25. The first-order valence-electron chi connectivity index (χ1n) is 7.51. The summed E-state index contributed by atoms with van der Waals surface area (Å²) in [5.41, 5.74) is 3.33. The molecule has 3 aromatic carbocycles. The highest BCUT2D eigenvalue weighted by molar-refractivity contribution is 9.11. The predicted octanol–water partition coefficient (Wildman–Crippen LogP) is 4.89. The SMILES string of the molecule is O=C(COc1ccc2ccccc2c1Br)NN=Cc1ccccc1Br. The molecule has 6 heteroatoms. The van der Waals surface area contributed by atoms with Crippen molar-refractivity contribution in [2.45, 2.75) is 0 Å². The average molecular weight is 462 g/mol. The molecular weight excluding hydrogens is 448 g/mol. The number of rotatable bonds is 5. The first kappa shape index (κ1) is 17.6. The molecule has 0 bridgehead atoms. The summed E-state index contributed by atoms with van der Waals surface area (Å²) in [6.07, 6.45) is 1.58. The van der Waals surface area contributed by atoms with Crippen molar-refractivity contribution >= 4 is 54.8 Å². The van der Waals surface area contributed by atoms with Crippen LogP contribution in [0.4, 0.5) is 0 Å². The van der Waals surface area contributed by atoms with Gasteiger partial charge in [0.2, 0.25) is 0 Å². The maximum atomic E-state index is 11.9. The molecule has 0 aliphatic carbocycles. The number of hydrazone groups is 1. The first-order chi connectivity index (χ1) is 12.1. The Morgan fingerprint density at radius 2 is 1.80 bits per heavy atom. The van der Waals surface area contributed by atoms with E-state index in [2.05, 4.69) is 42.4 Å². The third-order valence-electron chi connectivity index (χ3n) is 3.48. The van der Waals surface area contributed by atoms with Gasteiger partial charge in [-0.15, -0.1) is 0 Å². The van der Waals surface area contributed by atoms with Crippen molar-refractivity contribution in [1.29, 1.82) is 0 Å². The molecule has 3 rings (SSSR count). The lowest BCUT2D eigenvalue weighted by Gasteiger charge is -2.09. The normalized spacial score (nSPS) is 11.0. The number of hydrogen-bond donors (Lipinski definition) is 1. The first-order valence-corrected chi connectivity index (χ1v) is 9.10. The molecule has 0 unspecified atom stereocenters. The molecule has 0 radical (unpaired) electrons. The van der Waals surface area contributed by atoms with Gasteiger partial charge in [-0.1, -0.05) is 64.5 Å². The van der Waals surface area contributed by atoms with Crippen molar-refractivity contribution in [2.75, 3.05) is 6.61 Å². The number of hydrogen-bond acceptors (Lipinski definition) is 3.